The molecule has 1 aromatic heterocycles. The van der Waals surface area contributed by atoms with Gasteiger partial charge in [0.15, 0.2) is 0 Å². The molecule has 2 atom stereocenters. The molecule has 0 aromatic carbocycles. The molecule has 0 saturated heterocycles. The molecule has 1 heterocycles. The number of amides is 1. The fourth-order valence-electron chi connectivity index (χ4n) is 1.18. The molecule has 2 unspecified atom stereocenters. The number of nitrogens with one attached hydrogen (secondary N) is 1. The predicted molar refractivity (Wildman–Crippen MR) is 71.2 cm³/mol. The van der Waals surface area contributed by atoms with Gasteiger partial charge in [-0.3, -0.25) is 4.79 Å². The Labute approximate surface area is 107 Å². The average Bonchev–Trinajstić information content (AvgIpc) is 2.77. The third-order valence-corrected chi connectivity index (χ3v) is 3.45. The number of nitrogens with two attached hydrogens (primary N) is 1. The molecular weight excluding hydrogens is 244 g/mol. The lowest BCUT2D eigenvalue weighted by molar-refractivity contribution is -0.122. The standard InChI is InChI=1S/C11H18N2OS.ClH/c1-8(6-12)7-13-11(14)9(2)10-4-3-5-15-10;/h3-5,8-9H,6-7,12H2,1-2H3,(H,13,14);1H. The number of halogens is 1. The summed E-state index contributed by atoms with van der Waals surface area (Å²) in [5.74, 6) is 0.359. The topological polar surface area (TPSA) is 55.1 Å². The van der Waals surface area contributed by atoms with Gasteiger partial charge in [-0.2, -0.15) is 0 Å². The molecule has 0 saturated carbocycles. The molecule has 0 fully saturated rings. The first-order valence-corrected chi connectivity index (χ1v) is 6.04. The molecule has 0 bridgehead atoms. The van der Waals surface area contributed by atoms with Crippen LogP contribution in [0.3, 0.4) is 0 Å². The Hall–Kier alpha value is -0.580. The van der Waals surface area contributed by atoms with Crippen molar-refractivity contribution in [2.24, 2.45) is 11.7 Å². The minimum absolute atomic E-state index is 0. The van der Waals surface area contributed by atoms with E-state index in [-0.39, 0.29) is 24.2 Å². The van der Waals surface area contributed by atoms with Gasteiger partial charge in [0.2, 0.25) is 5.91 Å². The number of carbonyl (C=O) groups excluding carboxylic acids is 1. The quantitative estimate of drug-likeness (QED) is 0.853. The summed E-state index contributed by atoms with van der Waals surface area (Å²) < 4.78 is 0. The molecule has 0 aliphatic rings. The van der Waals surface area contributed by atoms with Gasteiger partial charge in [0.05, 0.1) is 5.92 Å². The highest BCUT2D eigenvalue weighted by Gasteiger charge is 2.15. The van der Waals surface area contributed by atoms with Crippen molar-refractivity contribution in [1.29, 1.82) is 0 Å². The summed E-state index contributed by atoms with van der Waals surface area (Å²) in [7, 11) is 0. The van der Waals surface area contributed by atoms with Crippen LogP contribution >= 0.6 is 23.7 Å². The zero-order chi connectivity index (χ0) is 11.3. The third kappa shape index (κ3) is 4.51. The van der Waals surface area contributed by atoms with Crippen LogP contribution in [0.1, 0.15) is 24.6 Å². The Kier molecular flexibility index (Phi) is 7.38. The first-order valence-electron chi connectivity index (χ1n) is 5.16. The van der Waals surface area contributed by atoms with Crippen molar-refractivity contribution in [2.45, 2.75) is 19.8 Å². The molecule has 3 nitrogen and oxygen atoms in total. The van der Waals surface area contributed by atoms with E-state index >= 15 is 0 Å². The molecule has 0 aliphatic carbocycles. The van der Waals surface area contributed by atoms with Gasteiger partial charge in [-0.25, -0.2) is 0 Å². The molecule has 16 heavy (non-hydrogen) atoms. The van der Waals surface area contributed by atoms with Gasteiger partial charge in [0.1, 0.15) is 0 Å². The zero-order valence-corrected chi connectivity index (χ0v) is 11.2. The Balaban J connectivity index is 0.00000225. The summed E-state index contributed by atoms with van der Waals surface area (Å²) in [6.45, 7) is 5.21. The Morgan fingerprint density at radius 1 is 1.56 bits per heavy atom. The first-order chi connectivity index (χ1) is 7.15. The van der Waals surface area contributed by atoms with E-state index in [0.717, 1.165) is 4.88 Å². The highest BCUT2D eigenvalue weighted by Crippen LogP contribution is 2.20. The molecule has 0 radical (unpaired) electrons. The largest absolute Gasteiger partial charge is 0.355 e. The minimum Gasteiger partial charge on any atom is -0.355 e. The lowest BCUT2D eigenvalue weighted by Gasteiger charge is -2.13. The predicted octanol–water partition coefficient (Wildman–Crippen LogP) is 1.98. The van der Waals surface area contributed by atoms with Crippen LogP contribution in [0.2, 0.25) is 0 Å². The molecule has 5 heteroatoms. The summed E-state index contributed by atoms with van der Waals surface area (Å²) in [4.78, 5) is 12.8. The minimum atomic E-state index is -0.0602. The second-order valence-electron chi connectivity index (χ2n) is 3.82. The third-order valence-electron chi connectivity index (χ3n) is 2.39. The van der Waals surface area contributed by atoms with Crippen molar-refractivity contribution in [3.05, 3.63) is 22.4 Å². The van der Waals surface area contributed by atoms with Crippen molar-refractivity contribution in [2.75, 3.05) is 13.1 Å². The molecule has 0 spiro atoms. The van der Waals surface area contributed by atoms with E-state index in [9.17, 15) is 4.79 Å². The van der Waals surface area contributed by atoms with E-state index in [0.29, 0.717) is 19.0 Å². The smallest absolute Gasteiger partial charge is 0.228 e. The van der Waals surface area contributed by atoms with Gasteiger partial charge in [0.25, 0.3) is 0 Å². The SMILES string of the molecule is CC(CN)CNC(=O)C(C)c1cccs1.Cl. The van der Waals surface area contributed by atoms with E-state index in [1.54, 1.807) is 11.3 Å². The highest BCUT2D eigenvalue weighted by molar-refractivity contribution is 7.10. The van der Waals surface area contributed by atoms with Crippen LogP contribution in [0, 0.1) is 5.92 Å². The second-order valence-corrected chi connectivity index (χ2v) is 4.80. The molecule has 1 rings (SSSR count). The lowest BCUT2D eigenvalue weighted by Crippen LogP contribution is -2.33. The van der Waals surface area contributed by atoms with Crippen molar-refractivity contribution >= 4 is 29.7 Å². The lowest BCUT2D eigenvalue weighted by atomic mass is 10.1. The van der Waals surface area contributed by atoms with Crippen LogP contribution in [-0.2, 0) is 4.79 Å². The van der Waals surface area contributed by atoms with Gasteiger partial charge in [-0.1, -0.05) is 13.0 Å². The normalized spacial score (nSPS) is 13.7. The number of hydrogen-bond acceptors (Lipinski definition) is 3. The summed E-state index contributed by atoms with van der Waals surface area (Å²) >= 11 is 1.61. The van der Waals surface area contributed by atoms with Crippen molar-refractivity contribution in [3.63, 3.8) is 0 Å². The number of rotatable bonds is 5. The molecule has 92 valence electrons. The Morgan fingerprint density at radius 2 is 2.25 bits per heavy atom. The van der Waals surface area contributed by atoms with Gasteiger partial charge in [0, 0.05) is 11.4 Å². The van der Waals surface area contributed by atoms with Crippen LogP contribution in [0.25, 0.3) is 0 Å². The van der Waals surface area contributed by atoms with E-state index in [1.807, 2.05) is 31.4 Å². The second kappa shape index (κ2) is 7.65. The maximum atomic E-state index is 11.7. The molecule has 1 amide bonds. The molecule has 1 aromatic rings. The summed E-state index contributed by atoms with van der Waals surface area (Å²) in [6.07, 6.45) is 0. The number of hydrogen-bond donors (Lipinski definition) is 2. The average molecular weight is 263 g/mol. The fourth-order valence-corrected chi connectivity index (χ4v) is 1.96. The van der Waals surface area contributed by atoms with Crippen LogP contribution in [-0.4, -0.2) is 19.0 Å². The maximum Gasteiger partial charge on any atom is 0.228 e. The van der Waals surface area contributed by atoms with Gasteiger partial charge >= 0.3 is 0 Å². The van der Waals surface area contributed by atoms with Gasteiger partial charge in [-0.05, 0) is 30.8 Å². The van der Waals surface area contributed by atoms with Gasteiger partial charge in [-0.15, -0.1) is 23.7 Å². The van der Waals surface area contributed by atoms with Crippen molar-refractivity contribution < 1.29 is 4.79 Å². The summed E-state index contributed by atoms with van der Waals surface area (Å²) in [6, 6.07) is 3.95. The zero-order valence-electron chi connectivity index (χ0n) is 9.60. The van der Waals surface area contributed by atoms with E-state index in [2.05, 4.69) is 5.32 Å². The van der Waals surface area contributed by atoms with E-state index in [1.165, 1.54) is 0 Å². The molecule has 3 N–H and O–H groups in total. The van der Waals surface area contributed by atoms with Crippen LogP contribution in [0.15, 0.2) is 17.5 Å². The summed E-state index contributed by atoms with van der Waals surface area (Å²) in [5.41, 5.74) is 5.48. The Bertz CT molecular complexity index is 303. The van der Waals surface area contributed by atoms with E-state index < -0.39 is 0 Å². The number of thiophene rings is 1. The van der Waals surface area contributed by atoms with Crippen LogP contribution in [0.5, 0.6) is 0 Å². The maximum absolute atomic E-state index is 11.7. The van der Waals surface area contributed by atoms with Gasteiger partial charge < -0.3 is 11.1 Å². The van der Waals surface area contributed by atoms with Crippen molar-refractivity contribution in [3.8, 4) is 0 Å². The summed E-state index contributed by atoms with van der Waals surface area (Å²) in [5, 5.41) is 4.90. The Morgan fingerprint density at radius 3 is 2.75 bits per heavy atom. The fraction of sp³-hybridized carbons (Fsp3) is 0.545. The highest BCUT2D eigenvalue weighted by atomic mass is 35.5. The monoisotopic (exact) mass is 262 g/mol. The van der Waals surface area contributed by atoms with Crippen molar-refractivity contribution in [1.82, 2.24) is 5.32 Å². The van der Waals surface area contributed by atoms with Crippen LogP contribution in [0.4, 0.5) is 0 Å². The molecular formula is C11H19ClN2OS. The molecule has 0 aliphatic heterocycles. The van der Waals surface area contributed by atoms with Crippen LogP contribution < -0.4 is 11.1 Å². The first kappa shape index (κ1) is 15.4. The van der Waals surface area contributed by atoms with E-state index in [4.69, 9.17) is 5.73 Å². The number of carbonyl (C=O) groups is 1.